The molecule has 0 spiro atoms. The van der Waals surface area contributed by atoms with Gasteiger partial charge in [0.15, 0.2) is 0 Å². The van der Waals surface area contributed by atoms with E-state index in [4.69, 9.17) is 4.74 Å². The van der Waals surface area contributed by atoms with Crippen LogP contribution in [0.5, 0.6) is 0 Å². The first kappa shape index (κ1) is 17.2. The minimum atomic E-state index is 0.0291. The van der Waals surface area contributed by atoms with E-state index in [1.165, 1.54) is 12.0 Å². The number of nitrogens with zero attached hydrogens (tertiary/aromatic N) is 3. The van der Waals surface area contributed by atoms with Gasteiger partial charge in [0.2, 0.25) is 5.91 Å². The molecule has 3 rings (SSSR count). The first-order valence-electron chi connectivity index (χ1n) is 9.07. The van der Waals surface area contributed by atoms with Crippen molar-refractivity contribution in [2.75, 3.05) is 19.8 Å². The Morgan fingerprint density at radius 1 is 1.38 bits per heavy atom. The van der Waals surface area contributed by atoms with E-state index in [2.05, 4.69) is 29.1 Å². The van der Waals surface area contributed by atoms with Crippen molar-refractivity contribution in [3.8, 4) is 0 Å². The summed E-state index contributed by atoms with van der Waals surface area (Å²) < 4.78 is 7.36. The maximum atomic E-state index is 13.1. The highest BCUT2D eigenvalue weighted by molar-refractivity contribution is 5.79. The van der Waals surface area contributed by atoms with Gasteiger partial charge in [-0.3, -0.25) is 9.48 Å². The van der Waals surface area contributed by atoms with E-state index >= 15 is 0 Å². The molecule has 132 valence electrons. The standard InChI is InChI=1S/C19H29N3O2/c1-14-18(15(2)21(3)20-14)12-22(11-16-7-5-4-6-8-16)19(23)17-9-10-24-13-17/h4-5,16-17H,6-13H2,1-3H3. The molecule has 0 bridgehead atoms. The average Bonchev–Trinajstić information content (AvgIpc) is 3.19. The highest BCUT2D eigenvalue weighted by Crippen LogP contribution is 2.25. The van der Waals surface area contributed by atoms with Gasteiger partial charge >= 0.3 is 0 Å². The smallest absolute Gasteiger partial charge is 0.228 e. The Hall–Kier alpha value is -1.62. The van der Waals surface area contributed by atoms with Crippen LogP contribution >= 0.6 is 0 Å². The van der Waals surface area contributed by atoms with Crippen molar-refractivity contribution in [2.24, 2.45) is 18.9 Å². The SMILES string of the molecule is Cc1nn(C)c(C)c1CN(CC1CC=CCC1)C(=O)C1CCOC1. The number of hydrogen-bond acceptors (Lipinski definition) is 3. The number of amides is 1. The predicted octanol–water partition coefficient (Wildman–Crippen LogP) is 2.76. The molecule has 24 heavy (non-hydrogen) atoms. The van der Waals surface area contributed by atoms with E-state index in [9.17, 15) is 4.79 Å². The zero-order valence-electron chi connectivity index (χ0n) is 15.1. The third-order valence-corrected chi connectivity index (χ3v) is 5.45. The van der Waals surface area contributed by atoms with Crippen LogP contribution in [-0.4, -0.2) is 40.3 Å². The number of aryl methyl sites for hydroxylation is 2. The van der Waals surface area contributed by atoms with Gasteiger partial charge in [0, 0.05) is 38.0 Å². The van der Waals surface area contributed by atoms with Gasteiger partial charge in [-0.1, -0.05) is 12.2 Å². The summed E-state index contributed by atoms with van der Waals surface area (Å²) in [7, 11) is 1.97. The van der Waals surface area contributed by atoms with Crippen molar-refractivity contribution in [3.05, 3.63) is 29.1 Å². The lowest BCUT2D eigenvalue weighted by Crippen LogP contribution is -2.39. The molecule has 1 aromatic heterocycles. The zero-order chi connectivity index (χ0) is 17.1. The fourth-order valence-corrected chi connectivity index (χ4v) is 3.79. The number of carbonyl (C=O) groups excluding carboxylic acids is 1. The van der Waals surface area contributed by atoms with Crippen molar-refractivity contribution in [2.45, 2.75) is 46.1 Å². The maximum absolute atomic E-state index is 13.1. The molecule has 2 aliphatic rings. The molecule has 0 radical (unpaired) electrons. The average molecular weight is 331 g/mol. The molecule has 1 fully saturated rings. The molecule has 1 aliphatic heterocycles. The second-order valence-corrected chi connectivity index (χ2v) is 7.20. The predicted molar refractivity (Wildman–Crippen MR) is 93.5 cm³/mol. The van der Waals surface area contributed by atoms with Gasteiger partial charge < -0.3 is 9.64 Å². The Balaban J connectivity index is 1.77. The van der Waals surface area contributed by atoms with E-state index in [-0.39, 0.29) is 11.8 Å². The highest BCUT2D eigenvalue weighted by atomic mass is 16.5. The van der Waals surface area contributed by atoms with Gasteiger partial charge in [0.05, 0.1) is 18.2 Å². The summed E-state index contributed by atoms with van der Waals surface area (Å²) in [5.41, 5.74) is 3.37. The third-order valence-electron chi connectivity index (χ3n) is 5.45. The van der Waals surface area contributed by atoms with Crippen LogP contribution in [0.25, 0.3) is 0 Å². The Morgan fingerprint density at radius 2 is 2.21 bits per heavy atom. The Morgan fingerprint density at radius 3 is 2.79 bits per heavy atom. The van der Waals surface area contributed by atoms with Crippen molar-refractivity contribution in [1.29, 1.82) is 0 Å². The summed E-state index contributed by atoms with van der Waals surface area (Å²) in [6, 6.07) is 0. The molecule has 0 N–H and O–H groups in total. The fourth-order valence-electron chi connectivity index (χ4n) is 3.79. The van der Waals surface area contributed by atoms with Gasteiger partial charge in [0.25, 0.3) is 0 Å². The summed E-state index contributed by atoms with van der Waals surface area (Å²) in [4.78, 5) is 15.1. The first-order valence-corrected chi connectivity index (χ1v) is 9.07. The largest absolute Gasteiger partial charge is 0.381 e. The van der Waals surface area contributed by atoms with Crippen molar-refractivity contribution < 1.29 is 9.53 Å². The normalized spacial score (nSPS) is 23.6. The van der Waals surface area contributed by atoms with E-state index in [1.54, 1.807) is 0 Å². The van der Waals surface area contributed by atoms with Gasteiger partial charge in [-0.05, 0) is 45.4 Å². The van der Waals surface area contributed by atoms with E-state index in [1.807, 2.05) is 18.7 Å². The van der Waals surface area contributed by atoms with Crippen LogP contribution in [0.2, 0.25) is 0 Å². The molecule has 0 saturated carbocycles. The molecule has 1 aliphatic carbocycles. The molecule has 5 nitrogen and oxygen atoms in total. The van der Waals surface area contributed by atoms with E-state index < -0.39 is 0 Å². The molecule has 1 aromatic rings. The van der Waals surface area contributed by atoms with Gasteiger partial charge in [0.1, 0.15) is 0 Å². The van der Waals surface area contributed by atoms with Crippen LogP contribution in [0.15, 0.2) is 12.2 Å². The quantitative estimate of drug-likeness (QED) is 0.780. The molecule has 2 heterocycles. The molecule has 1 amide bonds. The molecular formula is C19H29N3O2. The topological polar surface area (TPSA) is 47.4 Å². The summed E-state index contributed by atoms with van der Waals surface area (Å²) in [5.74, 6) is 0.852. The van der Waals surface area contributed by atoms with E-state index in [0.29, 0.717) is 25.7 Å². The maximum Gasteiger partial charge on any atom is 0.228 e. The number of carbonyl (C=O) groups is 1. The van der Waals surface area contributed by atoms with Gasteiger partial charge in [-0.15, -0.1) is 0 Å². The lowest BCUT2D eigenvalue weighted by Gasteiger charge is -2.30. The molecular weight excluding hydrogens is 302 g/mol. The Kier molecular flexibility index (Phi) is 5.39. The summed E-state index contributed by atoms with van der Waals surface area (Å²) in [6.07, 6.45) is 8.75. The van der Waals surface area contributed by atoms with Crippen molar-refractivity contribution >= 4 is 5.91 Å². The number of allylic oxidation sites excluding steroid dienone is 2. The number of hydrogen-bond donors (Lipinski definition) is 0. The third kappa shape index (κ3) is 3.72. The second-order valence-electron chi connectivity index (χ2n) is 7.20. The Labute approximate surface area is 144 Å². The summed E-state index contributed by atoms with van der Waals surface area (Å²) in [5, 5.41) is 4.51. The molecule has 2 atom stereocenters. The summed E-state index contributed by atoms with van der Waals surface area (Å²) >= 11 is 0. The molecule has 2 unspecified atom stereocenters. The molecule has 0 aromatic carbocycles. The van der Waals surface area contributed by atoms with Crippen molar-refractivity contribution in [3.63, 3.8) is 0 Å². The minimum absolute atomic E-state index is 0.0291. The van der Waals surface area contributed by atoms with Gasteiger partial charge in [-0.25, -0.2) is 0 Å². The summed E-state index contributed by atoms with van der Waals surface area (Å²) in [6.45, 7) is 6.91. The second kappa shape index (κ2) is 7.51. The Bertz CT molecular complexity index is 614. The van der Waals surface area contributed by atoms with Crippen LogP contribution in [0, 0.1) is 25.7 Å². The molecule has 1 saturated heterocycles. The number of aromatic nitrogens is 2. The monoisotopic (exact) mass is 331 g/mol. The molecule has 5 heteroatoms. The highest BCUT2D eigenvalue weighted by Gasteiger charge is 2.30. The van der Waals surface area contributed by atoms with Crippen LogP contribution < -0.4 is 0 Å². The van der Waals surface area contributed by atoms with Crippen LogP contribution in [0.3, 0.4) is 0 Å². The van der Waals surface area contributed by atoms with E-state index in [0.717, 1.165) is 37.2 Å². The van der Waals surface area contributed by atoms with Gasteiger partial charge in [-0.2, -0.15) is 5.10 Å². The van der Waals surface area contributed by atoms with Crippen LogP contribution in [0.1, 0.15) is 42.6 Å². The van der Waals surface area contributed by atoms with Crippen LogP contribution in [0.4, 0.5) is 0 Å². The fraction of sp³-hybridized carbons (Fsp3) is 0.684. The first-order chi connectivity index (χ1) is 11.6. The minimum Gasteiger partial charge on any atom is -0.381 e. The lowest BCUT2D eigenvalue weighted by molar-refractivity contribution is -0.136. The van der Waals surface area contributed by atoms with Crippen LogP contribution in [-0.2, 0) is 23.1 Å². The zero-order valence-corrected chi connectivity index (χ0v) is 15.1. The number of ether oxygens (including phenoxy) is 1. The number of rotatable bonds is 5. The van der Waals surface area contributed by atoms with Crippen molar-refractivity contribution in [1.82, 2.24) is 14.7 Å². The lowest BCUT2D eigenvalue weighted by atomic mass is 9.93.